The second-order valence-corrected chi connectivity index (χ2v) is 15.3. The standard InChI is InChI=1S/C32H38FN2O8PS/c1-31(2,3)42-44(39,43-32(4,5)6)40-20-25-27(41-29(37)22-15-11-8-12-16-22)26(33)28(45-25)35-18-17-23(34-30(35)38)19-24(36)21-13-9-7-10-14-21/h7-18,25-28H,19-20H2,1-6H3/t25-,26+,27-,28-/m1/s1. The Hall–Kier alpha value is -3.15. The Bertz CT molecular complexity index is 1570. The number of benzene rings is 2. The van der Waals surface area contributed by atoms with Crippen LogP contribution >= 0.6 is 19.6 Å². The van der Waals surface area contributed by atoms with Crippen molar-refractivity contribution in [3.63, 3.8) is 0 Å². The Morgan fingerprint density at radius 1 is 0.911 bits per heavy atom. The van der Waals surface area contributed by atoms with E-state index in [0.29, 0.717) is 5.56 Å². The zero-order chi connectivity index (χ0) is 33.0. The largest absolute Gasteiger partial charge is 0.475 e. The van der Waals surface area contributed by atoms with Gasteiger partial charge in [0.15, 0.2) is 18.1 Å². The molecule has 0 unspecified atom stereocenters. The number of hydrogen-bond acceptors (Lipinski definition) is 10. The zero-order valence-electron chi connectivity index (χ0n) is 26.0. The normalized spacial score (nSPS) is 20.6. The number of ether oxygens (including phenoxy) is 1. The van der Waals surface area contributed by atoms with Crippen LogP contribution in [0, 0.1) is 0 Å². The predicted octanol–water partition coefficient (Wildman–Crippen LogP) is 6.60. The summed E-state index contributed by atoms with van der Waals surface area (Å²) in [4.78, 5) is 42.8. The Labute approximate surface area is 266 Å². The van der Waals surface area contributed by atoms with Crippen LogP contribution in [-0.4, -0.2) is 56.6 Å². The van der Waals surface area contributed by atoms with Crippen LogP contribution in [0.5, 0.6) is 0 Å². The molecule has 0 aliphatic carbocycles. The first kappa shape index (κ1) is 34.7. The molecule has 4 atom stereocenters. The molecule has 1 fully saturated rings. The van der Waals surface area contributed by atoms with E-state index in [-0.39, 0.29) is 30.1 Å². The molecule has 0 N–H and O–H groups in total. The van der Waals surface area contributed by atoms with Crippen molar-refractivity contribution >= 4 is 31.3 Å². The molecular formula is C32H38FN2O8PS. The molecule has 2 aromatic carbocycles. The summed E-state index contributed by atoms with van der Waals surface area (Å²) in [5.74, 6) is -0.988. The summed E-state index contributed by atoms with van der Waals surface area (Å²) < 4.78 is 53.8. The minimum atomic E-state index is -4.19. The minimum absolute atomic E-state index is 0.110. The summed E-state index contributed by atoms with van der Waals surface area (Å²) in [6.45, 7) is 9.75. The molecule has 3 aromatic rings. The van der Waals surface area contributed by atoms with Gasteiger partial charge in [0.1, 0.15) is 5.37 Å². The molecule has 10 nitrogen and oxygen atoms in total. The molecular weight excluding hydrogens is 622 g/mol. The highest BCUT2D eigenvalue weighted by atomic mass is 32.2. The van der Waals surface area contributed by atoms with Crippen LogP contribution in [-0.2, 0) is 29.3 Å². The molecule has 13 heteroatoms. The number of esters is 1. The first-order chi connectivity index (χ1) is 21.0. The summed E-state index contributed by atoms with van der Waals surface area (Å²) in [5, 5.41) is -2.08. The highest BCUT2D eigenvalue weighted by Crippen LogP contribution is 2.56. The third-order valence-electron chi connectivity index (χ3n) is 6.29. The number of nitrogens with zero attached hydrogens (tertiary/aromatic N) is 2. The number of phosphoric ester groups is 1. The second kappa shape index (κ2) is 14.1. The lowest BCUT2D eigenvalue weighted by Crippen LogP contribution is -2.37. The van der Waals surface area contributed by atoms with Crippen molar-refractivity contribution in [1.29, 1.82) is 0 Å². The summed E-state index contributed by atoms with van der Waals surface area (Å²) in [6, 6.07) is 18.2. The zero-order valence-corrected chi connectivity index (χ0v) is 27.8. The van der Waals surface area contributed by atoms with Gasteiger partial charge >= 0.3 is 19.5 Å². The molecule has 0 radical (unpaired) electrons. The molecule has 0 saturated carbocycles. The van der Waals surface area contributed by atoms with Crippen LogP contribution in [0.25, 0.3) is 0 Å². The SMILES string of the molecule is CC(C)(C)OP(=O)(OC[C@H]1S[C@@H](n2ccc(CC(=O)c3ccccc3)nc2=O)[C@@H](F)[C@@H]1OC(=O)c1ccccc1)OC(C)(C)C. The van der Waals surface area contributed by atoms with E-state index in [9.17, 15) is 18.9 Å². The molecule has 1 saturated heterocycles. The summed E-state index contributed by atoms with van der Waals surface area (Å²) in [7, 11) is -4.19. The van der Waals surface area contributed by atoms with Crippen molar-refractivity contribution in [3.8, 4) is 0 Å². The van der Waals surface area contributed by atoms with Crippen LogP contribution in [0.3, 0.4) is 0 Å². The average molecular weight is 661 g/mol. The fourth-order valence-electron chi connectivity index (χ4n) is 4.50. The van der Waals surface area contributed by atoms with Crippen LogP contribution in [0.4, 0.5) is 4.39 Å². The van der Waals surface area contributed by atoms with Gasteiger partial charge in [0.25, 0.3) is 0 Å². The Morgan fingerprint density at radius 2 is 1.47 bits per heavy atom. The van der Waals surface area contributed by atoms with Crippen molar-refractivity contribution in [1.82, 2.24) is 9.55 Å². The molecule has 0 amide bonds. The van der Waals surface area contributed by atoms with E-state index in [1.54, 1.807) is 90.1 Å². The average Bonchev–Trinajstić information content (AvgIpc) is 3.25. The van der Waals surface area contributed by atoms with Gasteiger partial charge in [-0.25, -0.2) is 18.5 Å². The summed E-state index contributed by atoms with van der Waals surface area (Å²) >= 11 is 0.971. The lowest BCUT2D eigenvalue weighted by atomic mass is 10.1. The second-order valence-electron chi connectivity index (χ2n) is 12.5. The lowest BCUT2D eigenvalue weighted by molar-refractivity contribution is -0.0111. The van der Waals surface area contributed by atoms with E-state index in [2.05, 4.69) is 4.98 Å². The van der Waals surface area contributed by atoms with Gasteiger partial charge in [-0.15, -0.1) is 11.8 Å². The van der Waals surface area contributed by atoms with Crippen molar-refractivity contribution in [2.75, 3.05) is 6.61 Å². The number of hydrogen-bond donors (Lipinski definition) is 0. The van der Waals surface area contributed by atoms with Crippen LogP contribution < -0.4 is 5.69 Å². The summed E-state index contributed by atoms with van der Waals surface area (Å²) in [5.41, 5.74) is -1.67. The number of Topliss-reactive ketones (excluding diaryl/α,β-unsaturated/α-hetero) is 1. The Balaban J connectivity index is 1.59. The fraction of sp³-hybridized carbons (Fsp3) is 0.438. The van der Waals surface area contributed by atoms with Gasteiger partial charge in [0.05, 0.1) is 40.7 Å². The number of alkyl halides is 1. The number of phosphoric acid groups is 1. The van der Waals surface area contributed by atoms with Crippen LogP contribution in [0.1, 0.15) is 73.3 Å². The highest BCUT2D eigenvalue weighted by molar-refractivity contribution is 8.00. The number of carbonyl (C=O) groups is 2. The number of aromatic nitrogens is 2. The van der Waals surface area contributed by atoms with Gasteiger partial charge in [-0.05, 0) is 59.7 Å². The fourth-order valence-corrected chi connectivity index (χ4v) is 7.89. The smallest absolute Gasteiger partial charge is 0.454 e. The number of carbonyl (C=O) groups excluding carboxylic acids is 2. The molecule has 45 heavy (non-hydrogen) atoms. The Kier molecular flexibility index (Phi) is 10.9. The minimum Gasteiger partial charge on any atom is -0.454 e. The number of ketones is 1. The topological polar surface area (TPSA) is 123 Å². The maximum atomic E-state index is 16.2. The monoisotopic (exact) mass is 660 g/mol. The Morgan fingerprint density at radius 3 is 2.00 bits per heavy atom. The van der Waals surface area contributed by atoms with Gasteiger partial charge in [-0.3, -0.25) is 22.9 Å². The lowest BCUT2D eigenvalue weighted by Gasteiger charge is -2.31. The molecule has 1 aromatic heterocycles. The number of halogens is 1. The van der Waals surface area contributed by atoms with Crippen molar-refractivity contribution in [2.45, 2.75) is 82.1 Å². The van der Waals surface area contributed by atoms with Gasteiger partial charge in [-0.1, -0.05) is 48.5 Å². The molecule has 0 bridgehead atoms. The molecule has 4 rings (SSSR count). The van der Waals surface area contributed by atoms with E-state index in [4.69, 9.17) is 18.3 Å². The van der Waals surface area contributed by atoms with E-state index >= 15 is 4.39 Å². The summed E-state index contributed by atoms with van der Waals surface area (Å²) in [6.07, 6.45) is -2.01. The maximum Gasteiger partial charge on any atom is 0.475 e. The molecule has 0 spiro atoms. The van der Waals surface area contributed by atoms with Crippen LogP contribution in [0.15, 0.2) is 77.7 Å². The molecule has 1 aliphatic heterocycles. The predicted molar refractivity (Wildman–Crippen MR) is 169 cm³/mol. The van der Waals surface area contributed by atoms with E-state index < -0.39 is 53.6 Å². The van der Waals surface area contributed by atoms with Gasteiger partial charge < -0.3 is 4.74 Å². The molecule has 2 heterocycles. The van der Waals surface area contributed by atoms with E-state index in [0.717, 1.165) is 16.3 Å². The van der Waals surface area contributed by atoms with Gasteiger partial charge in [0, 0.05) is 11.8 Å². The van der Waals surface area contributed by atoms with Gasteiger partial charge in [0.2, 0.25) is 0 Å². The molecule has 1 aliphatic rings. The first-order valence-electron chi connectivity index (χ1n) is 14.4. The highest BCUT2D eigenvalue weighted by Gasteiger charge is 2.50. The van der Waals surface area contributed by atoms with E-state index in [1.165, 1.54) is 24.4 Å². The third-order valence-corrected chi connectivity index (χ3v) is 9.81. The van der Waals surface area contributed by atoms with Crippen LogP contribution in [0.2, 0.25) is 0 Å². The van der Waals surface area contributed by atoms with E-state index in [1.807, 2.05) is 0 Å². The number of rotatable bonds is 11. The van der Waals surface area contributed by atoms with Crippen molar-refractivity contribution in [3.05, 3.63) is 100 Å². The quantitative estimate of drug-likeness (QED) is 0.126. The van der Waals surface area contributed by atoms with Gasteiger partial charge in [-0.2, -0.15) is 4.98 Å². The maximum absolute atomic E-state index is 16.2. The molecule has 242 valence electrons. The third kappa shape index (κ3) is 9.67. The van der Waals surface area contributed by atoms with Crippen molar-refractivity contribution in [2.24, 2.45) is 0 Å². The first-order valence-corrected chi connectivity index (χ1v) is 16.8. The van der Waals surface area contributed by atoms with Crippen molar-refractivity contribution < 1.29 is 36.9 Å². The number of thioether (sulfide) groups is 1.